The summed E-state index contributed by atoms with van der Waals surface area (Å²) in [5.41, 5.74) is 0.605. The molecule has 0 N–H and O–H groups in total. The van der Waals surface area contributed by atoms with Crippen LogP contribution in [0.15, 0.2) is 6.07 Å². The van der Waals surface area contributed by atoms with Crippen LogP contribution in [0, 0.1) is 6.92 Å². The molecule has 0 aliphatic carbocycles. The van der Waals surface area contributed by atoms with Crippen molar-refractivity contribution >= 4 is 34.5 Å². The molecule has 4 heteroatoms. The van der Waals surface area contributed by atoms with Gasteiger partial charge in [-0.15, -0.1) is 11.3 Å². The molecule has 0 saturated heterocycles. The van der Waals surface area contributed by atoms with Gasteiger partial charge in [-0.2, -0.15) is 0 Å². The Morgan fingerprint density at radius 3 is 2.56 bits per heavy atom. The largest absolute Gasteiger partial charge is 0.300 e. The van der Waals surface area contributed by atoms with E-state index in [9.17, 15) is 9.59 Å². The number of thiophene rings is 1. The molecule has 1 heterocycles. The van der Waals surface area contributed by atoms with Crippen molar-refractivity contribution in [2.75, 3.05) is 0 Å². The highest BCUT2D eigenvalue weighted by Crippen LogP contribution is 2.28. The second-order valence-electron chi connectivity index (χ2n) is 3.71. The number of ketones is 2. The number of rotatable bonds is 6. The van der Waals surface area contributed by atoms with Crippen LogP contribution in [0.4, 0.5) is 0 Å². The fraction of sp³-hybridized carbons (Fsp3) is 0.500. The molecule has 2 nitrogen and oxygen atoms in total. The average Bonchev–Trinajstić information content (AvgIpc) is 2.57. The lowest BCUT2D eigenvalue weighted by molar-refractivity contribution is -0.118. The number of carbonyl (C=O) groups is 2. The van der Waals surface area contributed by atoms with Crippen molar-refractivity contribution < 1.29 is 9.59 Å². The van der Waals surface area contributed by atoms with E-state index in [0.717, 1.165) is 4.88 Å². The predicted octanol–water partition coefficient (Wildman–Crippen LogP) is 4.04. The number of halogens is 1. The molecule has 1 rings (SSSR count). The van der Waals surface area contributed by atoms with E-state index in [-0.39, 0.29) is 11.6 Å². The first-order chi connectivity index (χ1) is 7.54. The summed E-state index contributed by atoms with van der Waals surface area (Å²) in [5, 5.41) is 0. The van der Waals surface area contributed by atoms with Gasteiger partial charge in [0.15, 0.2) is 5.78 Å². The molecule has 0 saturated carbocycles. The van der Waals surface area contributed by atoms with Gasteiger partial charge in [0.05, 0.1) is 0 Å². The van der Waals surface area contributed by atoms with Crippen LogP contribution in [-0.2, 0) is 4.79 Å². The molecular formula is C12H15ClO2S. The molecule has 0 aliphatic rings. The molecule has 0 radical (unpaired) electrons. The van der Waals surface area contributed by atoms with Gasteiger partial charge in [-0.05, 0) is 19.4 Å². The summed E-state index contributed by atoms with van der Waals surface area (Å²) in [5.74, 6) is 0.249. The standard InChI is InChI=1S/C12H15ClO2S/c1-3-9(14)5-4-6-11(15)10-7-8(2)16-12(10)13/h7H,3-6H2,1-2H3. The molecule has 1 aromatic heterocycles. The lowest BCUT2D eigenvalue weighted by Gasteiger charge is -1.98. The fourth-order valence-electron chi connectivity index (χ4n) is 1.43. The third-order valence-corrected chi connectivity index (χ3v) is 3.64. The lowest BCUT2D eigenvalue weighted by atomic mass is 10.1. The van der Waals surface area contributed by atoms with Crippen LogP contribution in [0.25, 0.3) is 0 Å². The second-order valence-corrected chi connectivity index (χ2v) is 5.57. The quantitative estimate of drug-likeness (QED) is 0.722. The van der Waals surface area contributed by atoms with E-state index in [2.05, 4.69) is 0 Å². The molecule has 0 spiro atoms. The summed E-state index contributed by atoms with van der Waals surface area (Å²) in [6.07, 6.45) is 2.06. The van der Waals surface area contributed by atoms with Crippen LogP contribution in [0.1, 0.15) is 47.8 Å². The molecule has 0 atom stereocenters. The zero-order valence-corrected chi connectivity index (χ0v) is 11.1. The molecule has 0 amide bonds. The van der Waals surface area contributed by atoms with Crippen molar-refractivity contribution in [2.24, 2.45) is 0 Å². The van der Waals surface area contributed by atoms with Gasteiger partial charge in [0.1, 0.15) is 10.1 Å². The Morgan fingerprint density at radius 1 is 1.38 bits per heavy atom. The zero-order chi connectivity index (χ0) is 12.1. The van der Waals surface area contributed by atoms with E-state index in [4.69, 9.17) is 11.6 Å². The Hall–Kier alpha value is -0.670. The molecule has 16 heavy (non-hydrogen) atoms. The smallest absolute Gasteiger partial charge is 0.165 e. The van der Waals surface area contributed by atoms with Crippen molar-refractivity contribution in [3.05, 3.63) is 20.8 Å². The number of hydrogen-bond donors (Lipinski definition) is 0. The van der Waals surface area contributed by atoms with E-state index in [1.165, 1.54) is 11.3 Å². The van der Waals surface area contributed by atoms with Gasteiger partial charge in [0.2, 0.25) is 0 Å². The predicted molar refractivity (Wildman–Crippen MR) is 67.5 cm³/mol. The Labute approximate surface area is 105 Å². The third kappa shape index (κ3) is 3.72. The number of hydrogen-bond acceptors (Lipinski definition) is 3. The fourth-order valence-corrected chi connectivity index (χ4v) is 2.70. The number of Topliss-reactive ketones (excluding diaryl/α,β-unsaturated/α-hetero) is 2. The third-order valence-electron chi connectivity index (χ3n) is 2.36. The van der Waals surface area contributed by atoms with Gasteiger partial charge >= 0.3 is 0 Å². The van der Waals surface area contributed by atoms with Gasteiger partial charge in [-0.1, -0.05) is 18.5 Å². The minimum atomic E-state index is 0.0400. The van der Waals surface area contributed by atoms with Crippen LogP contribution in [0.2, 0.25) is 4.34 Å². The highest BCUT2D eigenvalue weighted by Gasteiger charge is 2.13. The summed E-state index contributed by atoms with van der Waals surface area (Å²) in [6, 6.07) is 1.82. The Bertz CT molecular complexity index is 396. The minimum Gasteiger partial charge on any atom is -0.300 e. The number of aryl methyl sites for hydroxylation is 1. The maximum absolute atomic E-state index is 11.8. The number of carbonyl (C=O) groups excluding carboxylic acids is 2. The minimum absolute atomic E-state index is 0.0400. The molecule has 0 bridgehead atoms. The maximum Gasteiger partial charge on any atom is 0.165 e. The molecule has 0 aliphatic heterocycles. The molecule has 0 aromatic carbocycles. The van der Waals surface area contributed by atoms with Crippen molar-refractivity contribution in [3.63, 3.8) is 0 Å². The van der Waals surface area contributed by atoms with E-state index < -0.39 is 0 Å². The van der Waals surface area contributed by atoms with Crippen LogP contribution < -0.4 is 0 Å². The first-order valence-corrected chi connectivity index (χ1v) is 6.55. The van der Waals surface area contributed by atoms with E-state index in [1.807, 2.05) is 19.9 Å². The average molecular weight is 259 g/mol. The van der Waals surface area contributed by atoms with Crippen LogP contribution in [0.5, 0.6) is 0 Å². The second kappa shape index (κ2) is 6.16. The normalized spacial score (nSPS) is 10.4. The summed E-state index contributed by atoms with van der Waals surface area (Å²) in [7, 11) is 0. The Morgan fingerprint density at radius 2 is 2.06 bits per heavy atom. The van der Waals surface area contributed by atoms with Gasteiger partial charge in [-0.3, -0.25) is 9.59 Å². The summed E-state index contributed by atoms with van der Waals surface area (Å²) in [4.78, 5) is 23.9. The highest BCUT2D eigenvalue weighted by atomic mass is 35.5. The van der Waals surface area contributed by atoms with Crippen LogP contribution in [-0.4, -0.2) is 11.6 Å². The monoisotopic (exact) mass is 258 g/mol. The summed E-state index contributed by atoms with van der Waals surface area (Å²) >= 11 is 7.36. The van der Waals surface area contributed by atoms with Gasteiger partial charge in [-0.25, -0.2) is 0 Å². The Kier molecular flexibility index (Phi) is 5.16. The summed E-state index contributed by atoms with van der Waals surface area (Å²) < 4.78 is 0.560. The van der Waals surface area contributed by atoms with E-state index >= 15 is 0 Å². The molecule has 1 aromatic rings. The van der Waals surface area contributed by atoms with Crippen molar-refractivity contribution in [1.29, 1.82) is 0 Å². The molecule has 88 valence electrons. The van der Waals surface area contributed by atoms with Gasteiger partial charge in [0.25, 0.3) is 0 Å². The Balaban J connectivity index is 2.47. The van der Waals surface area contributed by atoms with E-state index in [1.54, 1.807) is 0 Å². The molecular weight excluding hydrogens is 244 g/mol. The van der Waals surface area contributed by atoms with Crippen molar-refractivity contribution in [3.8, 4) is 0 Å². The topological polar surface area (TPSA) is 34.1 Å². The molecule has 0 unspecified atom stereocenters. The first kappa shape index (κ1) is 13.4. The highest BCUT2D eigenvalue weighted by molar-refractivity contribution is 7.16. The van der Waals surface area contributed by atoms with Crippen molar-refractivity contribution in [1.82, 2.24) is 0 Å². The van der Waals surface area contributed by atoms with Gasteiger partial charge < -0.3 is 0 Å². The SMILES string of the molecule is CCC(=O)CCCC(=O)c1cc(C)sc1Cl. The van der Waals surface area contributed by atoms with E-state index in [0.29, 0.717) is 35.6 Å². The van der Waals surface area contributed by atoms with Gasteiger partial charge in [0, 0.05) is 29.7 Å². The maximum atomic E-state index is 11.8. The van der Waals surface area contributed by atoms with Crippen LogP contribution in [0.3, 0.4) is 0 Å². The first-order valence-electron chi connectivity index (χ1n) is 5.35. The summed E-state index contributed by atoms with van der Waals surface area (Å²) in [6.45, 7) is 3.76. The zero-order valence-electron chi connectivity index (χ0n) is 9.51. The van der Waals surface area contributed by atoms with Crippen molar-refractivity contribution in [2.45, 2.75) is 39.5 Å². The molecule has 0 fully saturated rings. The lowest BCUT2D eigenvalue weighted by Crippen LogP contribution is -2.01. The van der Waals surface area contributed by atoms with Crippen LogP contribution >= 0.6 is 22.9 Å².